The smallest absolute Gasteiger partial charge is 0.0991 e. The normalized spacial score (nSPS) is 11.0. The van der Waals surface area contributed by atoms with Gasteiger partial charge in [0.1, 0.15) is 0 Å². The minimum atomic E-state index is 0.890. The maximum Gasteiger partial charge on any atom is 0.0991 e. The monoisotopic (exact) mass is 261 g/mol. The molecule has 3 aromatic heterocycles. The molecule has 0 aliphatic carbocycles. The van der Waals surface area contributed by atoms with Crippen LogP contribution >= 0.6 is 0 Å². The summed E-state index contributed by atoms with van der Waals surface area (Å²) in [5.41, 5.74) is 3.87. The van der Waals surface area contributed by atoms with Gasteiger partial charge < -0.3 is 4.57 Å². The number of hydrogen-bond donors (Lipinski definition) is 1. The molecule has 0 spiro atoms. The Labute approximate surface area is 114 Å². The van der Waals surface area contributed by atoms with Crippen LogP contribution in [0.3, 0.4) is 0 Å². The predicted octanol–water partition coefficient (Wildman–Crippen LogP) is 2.81. The molecule has 4 rings (SSSR count). The van der Waals surface area contributed by atoms with E-state index in [4.69, 9.17) is 4.98 Å². The number of para-hydroxylation sites is 1. The van der Waals surface area contributed by atoms with Gasteiger partial charge in [0.25, 0.3) is 0 Å². The molecule has 0 amide bonds. The molecule has 5 nitrogen and oxygen atoms in total. The zero-order valence-corrected chi connectivity index (χ0v) is 10.6. The van der Waals surface area contributed by atoms with Crippen molar-refractivity contribution in [1.82, 2.24) is 24.7 Å². The molecular weight excluding hydrogens is 250 g/mol. The van der Waals surface area contributed by atoms with Gasteiger partial charge in [-0.3, -0.25) is 5.10 Å². The minimum absolute atomic E-state index is 0.890. The number of aromatic nitrogens is 5. The van der Waals surface area contributed by atoms with Crippen molar-refractivity contribution >= 4 is 10.9 Å². The molecule has 0 fully saturated rings. The van der Waals surface area contributed by atoms with Crippen LogP contribution in [0, 0.1) is 0 Å². The Morgan fingerprint density at radius 3 is 2.90 bits per heavy atom. The summed E-state index contributed by atoms with van der Waals surface area (Å²) in [6, 6.07) is 10.1. The number of pyridine rings is 1. The maximum atomic E-state index is 4.69. The topological polar surface area (TPSA) is 59.4 Å². The van der Waals surface area contributed by atoms with E-state index >= 15 is 0 Å². The van der Waals surface area contributed by atoms with Gasteiger partial charge in [-0.1, -0.05) is 18.2 Å². The van der Waals surface area contributed by atoms with E-state index < -0.39 is 0 Å². The van der Waals surface area contributed by atoms with Crippen LogP contribution in [0.4, 0.5) is 0 Å². The molecule has 1 aromatic carbocycles. The molecule has 3 heterocycles. The van der Waals surface area contributed by atoms with Crippen LogP contribution in [0.15, 0.2) is 61.4 Å². The van der Waals surface area contributed by atoms with Crippen LogP contribution in [-0.2, 0) is 0 Å². The summed E-state index contributed by atoms with van der Waals surface area (Å²) in [6.45, 7) is 0. The van der Waals surface area contributed by atoms with Crippen molar-refractivity contribution in [3.63, 3.8) is 0 Å². The van der Waals surface area contributed by atoms with E-state index in [1.807, 2.05) is 35.2 Å². The molecule has 0 bridgehead atoms. The fourth-order valence-corrected chi connectivity index (χ4v) is 2.31. The van der Waals surface area contributed by atoms with Crippen molar-refractivity contribution in [3.8, 4) is 16.9 Å². The van der Waals surface area contributed by atoms with E-state index in [1.165, 1.54) is 0 Å². The number of H-pyrrole nitrogens is 1. The Balaban J connectivity index is 2.05. The number of hydrogen-bond acceptors (Lipinski definition) is 3. The summed E-state index contributed by atoms with van der Waals surface area (Å²) in [5.74, 6) is 0. The van der Waals surface area contributed by atoms with Crippen LogP contribution in [0.2, 0.25) is 0 Å². The first kappa shape index (κ1) is 10.9. The van der Waals surface area contributed by atoms with Crippen molar-refractivity contribution in [2.75, 3.05) is 0 Å². The number of nitrogens with one attached hydrogen (secondary N) is 1. The van der Waals surface area contributed by atoms with Gasteiger partial charge in [0, 0.05) is 29.5 Å². The highest BCUT2D eigenvalue weighted by atomic mass is 15.1. The second kappa shape index (κ2) is 4.31. The van der Waals surface area contributed by atoms with Crippen LogP contribution in [-0.4, -0.2) is 24.7 Å². The third-order valence-corrected chi connectivity index (χ3v) is 3.27. The number of benzene rings is 1. The molecule has 0 saturated carbocycles. The standard InChI is InChI=1S/C15H11N5/c1-2-4-13-12(3-1)15(20-6-5-16-10-20)7-14(19-13)11-8-17-18-9-11/h1-10H,(H,17,18). The van der Waals surface area contributed by atoms with Crippen LogP contribution in [0.5, 0.6) is 0 Å². The van der Waals surface area contributed by atoms with Crippen LogP contribution < -0.4 is 0 Å². The van der Waals surface area contributed by atoms with Crippen molar-refractivity contribution in [1.29, 1.82) is 0 Å². The van der Waals surface area contributed by atoms with Crippen molar-refractivity contribution < 1.29 is 0 Å². The van der Waals surface area contributed by atoms with Gasteiger partial charge in [-0.25, -0.2) is 9.97 Å². The average molecular weight is 261 g/mol. The average Bonchev–Trinajstić information content (AvgIpc) is 3.19. The quantitative estimate of drug-likeness (QED) is 0.603. The first-order valence-electron chi connectivity index (χ1n) is 6.29. The van der Waals surface area contributed by atoms with Crippen LogP contribution in [0.1, 0.15) is 0 Å². The van der Waals surface area contributed by atoms with Crippen molar-refractivity contribution in [3.05, 3.63) is 61.4 Å². The summed E-state index contributed by atoms with van der Waals surface area (Å²) in [6.07, 6.45) is 9.11. The molecule has 0 radical (unpaired) electrons. The number of fused-ring (bicyclic) bond motifs is 1. The molecule has 5 heteroatoms. The fourth-order valence-electron chi connectivity index (χ4n) is 2.31. The van der Waals surface area contributed by atoms with Gasteiger partial charge in [0.05, 0.1) is 29.4 Å². The van der Waals surface area contributed by atoms with Gasteiger partial charge in [-0.15, -0.1) is 0 Å². The van der Waals surface area contributed by atoms with Gasteiger partial charge in [0.15, 0.2) is 0 Å². The molecule has 1 N–H and O–H groups in total. The summed E-state index contributed by atoms with van der Waals surface area (Å²) in [5, 5.41) is 7.90. The van der Waals surface area contributed by atoms with Crippen molar-refractivity contribution in [2.24, 2.45) is 0 Å². The molecule has 0 atom stereocenters. The maximum absolute atomic E-state index is 4.69. The lowest BCUT2D eigenvalue weighted by Crippen LogP contribution is -1.95. The Kier molecular flexibility index (Phi) is 2.35. The lowest BCUT2D eigenvalue weighted by atomic mass is 10.1. The third-order valence-electron chi connectivity index (χ3n) is 3.27. The van der Waals surface area contributed by atoms with Gasteiger partial charge in [-0.2, -0.15) is 5.10 Å². The second-order valence-electron chi connectivity index (χ2n) is 4.50. The lowest BCUT2D eigenvalue weighted by molar-refractivity contribution is 1.06. The van der Waals surface area contributed by atoms with Crippen molar-refractivity contribution in [2.45, 2.75) is 0 Å². The molecule has 0 unspecified atom stereocenters. The highest BCUT2D eigenvalue weighted by Crippen LogP contribution is 2.26. The lowest BCUT2D eigenvalue weighted by Gasteiger charge is -2.09. The number of rotatable bonds is 2. The SMILES string of the molecule is c1ccc2c(-n3ccnc3)cc(-c3cn[nH]c3)nc2c1. The molecule has 0 aliphatic rings. The Morgan fingerprint density at radius 1 is 1.15 bits per heavy atom. The fraction of sp³-hybridized carbons (Fsp3) is 0. The Bertz CT molecular complexity index is 847. The molecule has 20 heavy (non-hydrogen) atoms. The minimum Gasteiger partial charge on any atom is -0.306 e. The number of aromatic amines is 1. The molecule has 96 valence electrons. The molecule has 0 aliphatic heterocycles. The van der Waals surface area contributed by atoms with E-state index in [1.54, 1.807) is 18.7 Å². The summed E-state index contributed by atoms with van der Waals surface area (Å²) in [7, 11) is 0. The first-order valence-corrected chi connectivity index (χ1v) is 6.29. The van der Waals surface area contributed by atoms with E-state index in [0.717, 1.165) is 27.8 Å². The predicted molar refractivity (Wildman–Crippen MR) is 76.4 cm³/mol. The van der Waals surface area contributed by atoms with E-state index in [0.29, 0.717) is 0 Å². The van der Waals surface area contributed by atoms with Gasteiger partial charge in [-0.05, 0) is 12.1 Å². The van der Waals surface area contributed by atoms with Crippen LogP contribution in [0.25, 0.3) is 27.8 Å². The summed E-state index contributed by atoms with van der Waals surface area (Å²) in [4.78, 5) is 8.82. The molecule has 4 aromatic rings. The highest BCUT2D eigenvalue weighted by Gasteiger charge is 2.09. The zero-order chi connectivity index (χ0) is 13.4. The van der Waals surface area contributed by atoms with Gasteiger partial charge in [0.2, 0.25) is 0 Å². The molecular formula is C15H11N5. The van der Waals surface area contributed by atoms with E-state index in [2.05, 4.69) is 27.3 Å². The Hall–Kier alpha value is -2.95. The third kappa shape index (κ3) is 1.68. The summed E-state index contributed by atoms with van der Waals surface area (Å²) < 4.78 is 1.99. The Morgan fingerprint density at radius 2 is 2.10 bits per heavy atom. The summed E-state index contributed by atoms with van der Waals surface area (Å²) >= 11 is 0. The largest absolute Gasteiger partial charge is 0.306 e. The highest BCUT2D eigenvalue weighted by molar-refractivity contribution is 5.89. The van der Waals surface area contributed by atoms with E-state index in [-0.39, 0.29) is 0 Å². The second-order valence-corrected chi connectivity index (χ2v) is 4.50. The number of nitrogens with zero attached hydrogens (tertiary/aromatic N) is 4. The number of imidazole rings is 1. The van der Waals surface area contributed by atoms with E-state index in [9.17, 15) is 0 Å². The zero-order valence-electron chi connectivity index (χ0n) is 10.6. The molecule has 0 saturated heterocycles. The van der Waals surface area contributed by atoms with Gasteiger partial charge >= 0.3 is 0 Å². The first-order chi connectivity index (χ1) is 9.92.